The lowest BCUT2D eigenvalue weighted by Gasteiger charge is -2.19. The zero-order valence-corrected chi connectivity index (χ0v) is 14.1. The Hall–Kier alpha value is -0.580. The van der Waals surface area contributed by atoms with Gasteiger partial charge in [0.15, 0.2) is 0 Å². The van der Waals surface area contributed by atoms with Crippen LogP contribution >= 0.6 is 23.7 Å². The molecular formula is C15H25ClN2OS. The molecule has 20 heavy (non-hydrogen) atoms. The fraction of sp³-hybridized carbons (Fsp3) is 0.667. The highest BCUT2D eigenvalue weighted by Gasteiger charge is 2.23. The number of carbonyl (C=O) groups is 1. The van der Waals surface area contributed by atoms with Crippen LogP contribution in [0.3, 0.4) is 0 Å². The summed E-state index contributed by atoms with van der Waals surface area (Å²) in [6.07, 6.45) is 3.41. The molecule has 114 valence electrons. The Morgan fingerprint density at radius 2 is 2.30 bits per heavy atom. The molecule has 1 aromatic rings. The average molecular weight is 317 g/mol. The molecule has 0 aliphatic heterocycles. The first-order valence-corrected chi connectivity index (χ1v) is 8.10. The van der Waals surface area contributed by atoms with Crippen LogP contribution in [0, 0.1) is 5.92 Å². The Balaban J connectivity index is 0.00000200. The summed E-state index contributed by atoms with van der Waals surface area (Å²) in [7, 11) is 0. The van der Waals surface area contributed by atoms with Crippen LogP contribution in [0.2, 0.25) is 0 Å². The van der Waals surface area contributed by atoms with Gasteiger partial charge in [0.1, 0.15) is 0 Å². The van der Waals surface area contributed by atoms with E-state index in [0.29, 0.717) is 12.6 Å². The summed E-state index contributed by atoms with van der Waals surface area (Å²) in [4.78, 5) is 13.7. The van der Waals surface area contributed by atoms with E-state index in [1.165, 1.54) is 16.9 Å². The number of rotatable bonds is 5. The second kappa shape index (κ2) is 8.01. The summed E-state index contributed by atoms with van der Waals surface area (Å²) in [6.45, 7) is 8.08. The van der Waals surface area contributed by atoms with E-state index >= 15 is 0 Å². The quantitative estimate of drug-likeness (QED) is 0.876. The number of hydrogen-bond donors (Lipinski definition) is 2. The summed E-state index contributed by atoms with van der Waals surface area (Å²) in [6, 6.07) is 0.323. The maximum absolute atomic E-state index is 12.2. The van der Waals surface area contributed by atoms with Crippen molar-refractivity contribution >= 4 is 29.7 Å². The molecule has 1 aromatic heterocycles. The van der Waals surface area contributed by atoms with Gasteiger partial charge >= 0.3 is 0 Å². The molecule has 0 saturated heterocycles. The Morgan fingerprint density at radius 1 is 1.55 bits per heavy atom. The summed E-state index contributed by atoms with van der Waals surface area (Å²) >= 11 is 1.75. The van der Waals surface area contributed by atoms with Crippen molar-refractivity contribution in [2.24, 2.45) is 5.92 Å². The maximum Gasteiger partial charge on any atom is 0.252 e. The van der Waals surface area contributed by atoms with Gasteiger partial charge in [0.25, 0.3) is 5.91 Å². The van der Waals surface area contributed by atoms with Crippen molar-refractivity contribution in [2.45, 2.75) is 46.1 Å². The van der Waals surface area contributed by atoms with Crippen LogP contribution in [0.15, 0.2) is 5.38 Å². The summed E-state index contributed by atoms with van der Waals surface area (Å²) in [5, 5.41) is 8.38. The average Bonchev–Trinajstić information content (AvgIpc) is 2.79. The van der Waals surface area contributed by atoms with Crippen LogP contribution < -0.4 is 10.6 Å². The molecule has 3 nitrogen and oxygen atoms in total. The van der Waals surface area contributed by atoms with E-state index in [1.807, 2.05) is 5.38 Å². The highest BCUT2D eigenvalue weighted by Crippen LogP contribution is 2.32. The number of halogens is 1. The third kappa shape index (κ3) is 4.21. The molecule has 1 amide bonds. The van der Waals surface area contributed by atoms with Crippen molar-refractivity contribution in [3.05, 3.63) is 21.4 Å². The molecule has 2 N–H and O–H groups in total. The first-order chi connectivity index (χ1) is 9.11. The normalized spacial score (nSPS) is 18.9. The molecule has 1 aliphatic carbocycles. The van der Waals surface area contributed by atoms with Gasteiger partial charge < -0.3 is 10.6 Å². The largest absolute Gasteiger partial charge is 0.350 e. The maximum atomic E-state index is 12.2. The van der Waals surface area contributed by atoms with Gasteiger partial charge in [-0.05, 0) is 44.2 Å². The second-order valence-corrected chi connectivity index (χ2v) is 6.53. The molecule has 1 aliphatic rings. The lowest BCUT2D eigenvalue weighted by Crippen LogP contribution is -2.39. The van der Waals surface area contributed by atoms with Crippen LogP contribution in [0.25, 0.3) is 0 Å². The zero-order chi connectivity index (χ0) is 13.8. The zero-order valence-electron chi connectivity index (χ0n) is 12.5. The molecule has 1 heterocycles. The first kappa shape index (κ1) is 17.5. The predicted molar refractivity (Wildman–Crippen MR) is 88.2 cm³/mol. The van der Waals surface area contributed by atoms with Crippen molar-refractivity contribution in [3.63, 3.8) is 0 Å². The molecule has 5 heteroatoms. The van der Waals surface area contributed by atoms with Gasteiger partial charge in [0.2, 0.25) is 0 Å². The van der Waals surface area contributed by atoms with Gasteiger partial charge in [-0.3, -0.25) is 4.79 Å². The minimum absolute atomic E-state index is 0. The highest BCUT2D eigenvalue weighted by atomic mass is 35.5. The smallest absolute Gasteiger partial charge is 0.252 e. The fourth-order valence-corrected chi connectivity index (χ4v) is 3.87. The van der Waals surface area contributed by atoms with Gasteiger partial charge in [-0.2, -0.15) is 0 Å². The first-order valence-electron chi connectivity index (χ1n) is 7.22. The summed E-state index contributed by atoms with van der Waals surface area (Å²) < 4.78 is 0. The highest BCUT2D eigenvalue weighted by molar-refractivity contribution is 7.10. The lowest BCUT2D eigenvalue weighted by atomic mass is 9.88. The van der Waals surface area contributed by atoms with Crippen LogP contribution in [-0.4, -0.2) is 25.0 Å². The van der Waals surface area contributed by atoms with Crippen LogP contribution in [0.1, 0.15) is 48.0 Å². The Bertz CT molecular complexity index is 447. The standard InChI is InChI=1S/C15H24N2OS.ClH/c1-4-16-11(3)8-17-15(18)13-9-19-14-7-10(2)5-6-12(13)14;/h9-11,16H,4-8H2,1-3H3,(H,17,18);1H/t10?,11-;/m1./s1. The van der Waals surface area contributed by atoms with Crippen LogP contribution in [-0.2, 0) is 12.8 Å². The van der Waals surface area contributed by atoms with Crippen LogP contribution in [0.4, 0.5) is 0 Å². The SMILES string of the molecule is CCN[C@H](C)CNC(=O)c1csc2c1CCC(C)C2.Cl. The number of likely N-dealkylation sites (N-methyl/N-ethyl adjacent to an activating group) is 1. The van der Waals surface area contributed by atoms with Gasteiger partial charge in [0, 0.05) is 22.8 Å². The topological polar surface area (TPSA) is 41.1 Å². The molecule has 2 atom stereocenters. The van der Waals surface area contributed by atoms with Gasteiger partial charge in [-0.25, -0.2) is 0 Å². The number of carbonyl (C=O) groups excluding carboxylic acids is 1. The minimum atomic E-state index is 0. The van der Waals surface area contributed by atoms with E-state index in [-0.39, 0.29) is 18.3 Å². The van der Waals surface area contributed by atoms with Crippen molar-refractivity contribution in [1.29, 1.82) is 0 Å². The van der Waals surface area contributed by atoms with Crippen molar-refractivity contribution in [1.82, 2.24) is 10.6 Å². The molecule has 1 unspecified atom stereocenters. The minimum Gasteiger partial charge on any atom is -0.350 e. The van der Waals surface area contributed by atoms with Gasteiger partial charge in [0.05, 0.1) is 5.56 Å². The number of nitrogens with one attached hydrogen (secondary N) is 2. The number of fused-ring (bicyclic) bond motifs is 1. The molecule has 2 rings (SSSR count). The summed E-state index contributed by atoms with van der Waals surface area (Å²) in [5.74, 6) is 0.854. The van der Waals surface area contributed by atoms with E-state index in [1.54, 1.807) is 11.3 Å². The third-order valence-corrected chi connectivity index (χ3v) is 4.82. The van der Waals surface area contributed by atoms with Gasteiger partial charge in [-0.15, -0.1) is 23.7 Å². The van der Waals surface area contributed by atoms with E-state index in [2.05, 4.69) is 31.4 Å². The third-order valence-electron chi connectivity index (χ3n) is 3.77. The number of thiophene rings is 1. The molecule has 0 aromatic carbocycles. The van der Waals surface area contributed by atoms with Crippen molar-refractivity contribution < 1.29 is 4.79 Å². The fourth-order valence-electron chi connectivity index (χ4n) is 2.63. The second-order valence-electron chi connectivity index (χ2n) is 5.57. The molecule has 0 spiro atoms. The van der Waals surface area contributed by atoms with Crippen molar-refractivity contribution in [2.75, 3.05) is 13.1 Å². The number of hydrogen-bond acceptors (Lipinski definition) is 3. The molecule has 0 fully saturated rings. The Kier molecular flexibility index (Phi) is 7.00. The number of amides is 1. The van der Waals surface area contributed by atoms with Gasteiger partial charge in [-0.1, -0.05) is 13.8 Å². The lowest BCUT2D eigenvalue weighted by molar-refractivity contribution is 0.0949. The molecule has 0 bridgehead atoms. The molecular weight excluding hydrogens is 292 g/mol. The Labute approximate surface area is 131 Å². The molecule has 0 saturated carbocycles. The van der Waals surface area contributed by atoms with E-state index in [4.69, 9.17) is 0 Å². The monoisotopic (exact) mass is 316 g/mol. The van der Waals surface area contributed by atoms with E-state index in [0.717, 1.165) is 30.9 Å². The van der Waals surface area contributed by atoms with E-state index in [9.17, 15) is 4.79 Å². The molecule has 0 radical (unpaired) electrons. The summed E-state index contributed by atoms with van der Waals surface area (Å²) in [5.41, 5.74) is 2.22. The van der Waals surface area contributed by atoms with Crippen molar-refractivity contribution in [3.8, 4) is 0 Å². The predicted octanol–water partition coefficient (Wildman–Crippen LogP) is 3.02. The van der Waals surface area contributed by atoms with Crippen LogP contribution in [0.5, 0.6) is 0 Å². The van der Waals surface area contributed by atoms with E-state index < -0.39 is 0 Å². The Morgan fingerprint density at radius 3 is 3.00 bits per heavy atom.